The van der Waals surface area contributed by atoms with Gasteiger partial charge in [0.2, 0.25) is 5.91 Å². The molecule has 1 saturated heterocycles. The van der Waals surface area contributed by atoms with E-state index in [1.807, 2.05) is 31.2 Å². The van der Waals surface area contributed by atoms with Crippen LogP contribution < -0.4 is 16.0 Å². The number of Topliss-reactive ketones (excluding diaryl/α,β-unsaturated/α-hetero) is 1. The molecule has 0 radical (unpaired) electrons. The van der Waals surface area contributed by atoms with Crippen LogP contribution in [0.1, 0.15) is 45.2 Å². The first-order valence-electron chi connectivity index (χ1n) is 12.0. The van der Waals surface area contributed by atoms with Gasteiger partial charge in [0.1, 0.15) is 17.9 Å². The Hall–Kier alpha value is -4.21. The molecule has 0 bridgehead atoms. The number of hydrogen-bond acceptors (Lipinski definition) is 5. The van der Waals surface area contributed by atoms with Gasteiger partial charge in [-0.3, -0.25) is 19.3 Å². The molecule has 0 spiro atoms. The summed E-state index contributed by atoms with van der Waals surface area (Å²) < 4.78 is 0. The van der Waals surface area contributed by atoms with E-state index in [0.29, 0.717) is 11.4 Å². The fraction of sp³-hybridized carbons (Fsp3) is 0.370. The summed E-state index contributed by atoms with van der Waals surface area (Å²) in [6.45, 7) is 8.02. The van der Waals surface area contributed by atoms with E-state index in [2.05, 4.69) is 16.0 Å². The molecule has 2 aromatic rings. The quantitative estimate of drug-likeness (QED) is 0.446. The summed E-state index contributed by atoms with van der Waals surface area (Å²) in [5, 5.41) is 8.21. The van der Waals surface area contributed by atoms with E-state index in [-0.39, 0.29) is 24.8 Å². The van der Waals surface area contributed by atoms with Crippen LogP contribution >= 0.6 is 0 Å². The minimum Gasteiger partial charge on any atom is -0.352 e. The zero-order chi connectivity index (χ0) is 27.3. The van der Waals surface area contributed by atoms with E-state index in [1.54, 1.807) is 45.0 Å². The average Bonchev–Trinajstić information content (AvgIpc) is 2.96. The third-order valence-corrected chi connectivity index (χ3v) is 6.15. The summed E-state index contributed by atoms with van der Waals surface area (Å²) >= 11 is 0. The molecular formula is C27H33N5O5. The molecule has 0 saturated carbocycles. The van der Waals surface area contributed by atoms with Crippen LogP contribution in [0.5, 0.6) is 0 Å². The largest absolute Gasteiger partial charge is 0.352 e. The van der Waals surface area contributed by atoms with Gasteiger partial charge in [-0.2, -0.15) is 0 Å². The summed E-state index contributed by atoms with van der Waals surface area (Å²) in [5.74, 6) is -1.05. The third kappa shape index (κ3) is 6.72. The van der Waals surface area contributed by atoms with E-state index < -0.39 is 36.0 Å². The van der Waals surface area contributed by atoms with Crippen LogP contribution in [-0.2, 0) is 20.9 Å². The topological polar surface area (TPSA) is 128 Å². The highest BCUT2D eigenvalue weighted by molar-refractivity contribution is 6.08. The smallest absolute Gasteiger partial charge is 0.328 e. The van der Waals surface area contributed by atoms with Crippen molar-refractivity contribution in [2.45, 2.75) is 59.2 Å². The fourth-order valence-electron chi connectivity index (χ4n) is 4.14. The van der Waals surface area contributed by atoms with Crippen LogP contribution in [0.3, 0.4) is 0 Å². The summed E-state index contributed by atoms with van der Waals surface area (Å²) in [7, 11) is 0. The Morgan fingerprint density at radius 1 is 0.973 bits per heavy atom. The Morgan fingerprint density at radius 3 is 2.24 bits per heavy atom. The van der Waals surface area contributed by atoms with Gasteiger partial charge in [0.05, 0.1) is 0 Å². The fourth-order valence-corrected chi connectivity index (χ4v) is 4.14. The number of hydrogen-bond donors (Lipinski definition) is 3. The first-order valence-corrected chi connectivity index (χ1v) is 12.0. The number of benzene rings is 2. The summed E-state index contributed by atoms with van der Waals surface area (Å²) in [5.41, 5.74) is 1.82. The maximum absolute atomic E-state index is 13.1. The van der Waals surface area contributed by atoms with Gasteiger partial charge < -0.3 is 20.9 Å². The molecule has 3 N–H and O–H groups in total. The van der Waals surface area contributed by atoms with Crippen LogP contribution in [0.2, 0.25) is 0 Å². The third-order valence-electron chi connectivity index (χ3n) is 6.15. The van der Waals surface area contributed by atoms with Gasteiger partial charge in [0.25, 0.3) is 5.91 Å². The van der Waals surface area contributed by atoms with Crippen LogP contribution in [0, 0.1) is 6.92 Å². The molecule has 3 rings (SSSR count). The number of carbonyl (C=O) groups is 5. The Morgan fingerprint density at radius 2 is 1.62 bits per heavy atom. The highest BCUT2D eigenvalue weighted by atomic mass is 16.2. The van der Waals surface area contributed by atoms with Gasteiger partial charge in [-0.05, 0) is 63.9 Å². The van der Waals surface area contributed by atoms with Crippen molar-refractivity contribution in [3.05, 3.63) is 59.7 Å². The van der Waals surface area contributed by atoms with Crippen molar-refractivity contribution < 1.29 is 24.0 Å². The predicted octanol–water partition coefficient (Wildman–Crippen LogP) is 3.67. The molecule has 2 aromatic carbocycles. The van der Waals surface area contributed by atoms with Crippen LogP contribution in [-0.4, -0.2) is 57.6 Å². The molecular weight excluding hydrogens is 474 g/mol. The minimum absolute atomic E-state index is 0.0680. The van der Waals surface area contributed by atoms with Crippen molar-refractivity contribution in [3.8, 4) is 0 Å². The predicted molar refractivity (Wildman–Crippen MR) is 140 cm³/mol. The second kappa shape index (κ2) is 11.2. The number of nitrogens with zero attached hydrogens (tertiary/aromatic N) is 2. The second-order valence-corrected chi connectivity index (χ2v) is 9.78. The second-order valence-electron chi connectivity index (χ2n) is 9.78. The lowest BCUT2D eigenvalue weighted by atomic mass is 10.0. The van der Waals surface area contributed by atoms with Crippen molar-refractivity contribution >= 4 is 41.0 Å². The van der Waals surface area contributed by atoms with Gasteiger partial charge in [0.15, 0.2) is 0 Å². The van der Waals surface area contributed by atoms with Gasteiger partial charge in [-0.15, -0.1) is 0 Å². The van der Waals surface area contributed by atoms with E-state index in [9.17, 15) is 24.0 Å². The average molecular weight is 508 g/mol. The van der Waals surface area contributed by atoms with E-state index in [1.165, 1.54) is 11.8 Å². The number of aryl methyl sites for hydroxylation is 1. The van der Waals surface area contributed by atoms with Gasteiger partial charge in [-0.25, -0.2) is 9.59 Å². The maximum atomic E-state index is 13.1. The number of anilines is 2. The van der Waals surface area contributed by atoms with Crippen molar-refractivity contribution in [1.29, 1.82) is 0 Å². The van der Waals surface area contributed by atoms with E-state index >= 15 is 0 Å². The number of rotatable bonds is 9. The number of nitrogens with one attached hydrogen (secondary N) is 3. The number of ketones is 1. The molecule has 10 nitrogen and oxygen atoms in total. The van der Waals surface area contributed by atoms with Crippen LogP contribution in [0.25, 0.3) is 0 Å². The van der Waals surface area contributed by atoms with Crippen LogP contribution in [0.4, 0.5) is 21.0 Å². The molecule has 1 atom stereocenters. The lowest BCUT2D eigenvalue weighted by Crippen LogP contribution is -2.45. The van der Waals surface area contributed by atoms with E-state index in [0.717, 1.165) is 16.0 Å². The lowest BCUT2D eigenvalue weighted by Gasteiger charge is -2.27. The van der Waals surface area contributed by atoms with Gasteiger partial charge in [-0.1, -0.05) is 30.3 Å². The molecule has 37 heavy (non-hydrogen) atoms. The Labute approximate surface area is 216 Å². The molecule has 0 aliphatic carbocycles. The Kier molecular flexibility index (Phi) is 8.31. The zero-order valence-corrected chi connectivity index (χ0v) is 21.8. The molecule has 1 heterocycles. The molecule has 1 aliphatic heterocycles. The lowest BCUT2D eigenvalue weighted by molar-refractivity contribution is -0.135. The molecule has 6 amide bonds. The molecule has 1 aliphatic rings. The summed E-state index contributed by atoms with van der Waals surface area (Å²) in [4.78, 5) is 64.4. The summed E-state index contributed by atoms with van der Waals surface area (Å²) in [6.07, 6.45) is 0.170. The van der Waals surface area contributed by atoms with Crippen molar-refractivity contribution in [3.63, 3.8) is 0 Å². The number of imide groups is 1. The van der Waals surface area contributed by atoms with Crippen molar-refractivity contribution in [2.24, 2.45) is 0 Å². The Bertz CT molecular complexity index is 1210. The minimum atomic E-state index is -1.15. The highest BCUT2D eigenvalue weighted by Gasteiger charge is 2.51. The van der Waals surface area contributed by atoms with Gasteiger partial charge in [0, 0.05) is 30.4 Å². The van der Waals surface area contributed by atoms with Crippen molar-refractivity contribution in [1.82, 2.24) is 15.1 Å². The first kappa shape index (κ1) is 27.4. The molecule has 0 unspecified atom stereocenters. The van der Waals surface area contributed by atoms with E-state index in [4.69, 9.17) is 0 Å². The normalized spacial score (nSPS) is 15.4. The highest BCUT2D eigenvalue weighted by Crippen LogP contribution is 2.29. The first-order chi connectivity index (χ1) is 17.4. The SMILES string of the molecule is CC(=O)C[C@@H](C)NC(=O)CN1C(=O)N(Cc2ccc(NC(=O)Nc3ccccc3C)cc2)C(C)(C)C1=O. The maximum Gasteiger partial charge on any atom is 0.328 e. The molecule has 1 fully saturated rings. The van der Waals surface area contributed by atoms with Gasteiger partial charge >= 0.3 is 12.1 Å². The number of carbonyl (C=O) groups excluding carboxylic acids is 5. The number of para-hydroxylation sites is 1. The van der Waals surface area contributed by atoms with Crippen molar-refractivity contribution in [2.75, 3.05) is 17.2 Å². The zero-order valence-electron chi connectivity index (χ0n) is 21.8. The van der Waals surface area contributed by atoms with Crippen LogP contribution in [0.15, 0.2) is 48.5 Å². The molecule has 0 aromatic heterocycles. The monoisotopic (exact) mass is 507 g/mol. The number of urea groups is 2. The summed E-state index contributed by atoms with van der Waals surface area (Å²) in [6, 6.07) is 13.0. The molecule has 196 valence electrons. The molecule has 10 heteroatoms. The standard InChI is InChI=1S/C27H33N5O5/c1-17-8-6-7-9-22(17)30-25(36)29-21-12-10-20(11-13-21)15-32-26(37)31(24(35)27(32,4)5)16-23(34)28-18(2)14-19(3)33/h6-13,18H,14-16H2,1-5H3,(H,28,34)(H2,29,30,36)/t18-/m1/s1. The number of amides is 6. The Balaban J connectivity index is 1.61.